The molecule has 0 bridgehead atoms. The van der Waals surface area contributed by atoms with E-state index in [4.69, 9.17) is 0 Å². The fourth-order valence-electron chi connectivity index (χ4n) is 1.96. The second-order valence-electron chi connectivity index (χ2n) is 4.58. The third kappa shape index (κ3) is 3.91. The molecule has 0 radical (unpaired) electrons. The highest BCUT2D eigenvalue weighted by Gasteiger charge is 2.10. The highest BCUT2D eigenvalue weighted by molar-refractivity contribution is 9.10. The lowest BCUT2D eigenvalue weighted by atomic mass is 10.2. The lowest BCUT2D eigenvalue weighted by molar-refractivity contribution is 0.622. The summed E-state index contributed by atoms with van der Waals surface area (Å²) in [5, 5.41) is 6.44. The Morgan fingerprint density at radius 1 is 1.19 bits per heavy atom. The Labute approximate surface area is 132 Å². The first-order valence-electron chi connectivity index (χ1n) is 6.95. The predicted octanol–water partition coefficient (Wildman–Crippen LogP) is 4.51. The van der Waals surface area contributed by atoms with Crippen LogP contribution in [-0.4, -0.2) is 16.5 Å². The number of halogens is 2. The summed E-state index contributed by atoms with van der Waals surface area (Å²) in [6, 6.07) is 4.90. The molecule has 4 nitrogen and oxygen atoms in total. The minimum Gasteiger partial charge on any atom is -0.370 e. The van der Waals surface area contributed by atoms with Crippen LogP contribution in [-0.2, 0) is 6.42 Å². The molecule has 0 spiro atoms. The maximum Gasteiger partial charge on any atom is 0.139 e. The van der Waals surface area contributed by atoms with Gasteiger partial charge in [0, 0.05) is 17.8 Å². The van der Waals surface area contributed by atoms with E-state index in [1.807, 2.05) is 6.92 Å². The quantitative estimate of drug-likeness (QED) is 0.803. The zero-order chi connectivity index (χ0) is 15.2. The molecule has 0 fully saturated rings. The lowest BCUT2D eigenvalue weighted by Crippen LogP contribution is -2.08. The second-order valence-corrected chi connectivity index (χ2v) is 5.44. The smallest absolute Gasteiger partial charge is 0.139 e. The first kappa shape index (κ1) is 15.7. The number of nitrogens with zero attached hydrogens (tertiary/aromatic N) is 2. The molecule has 0 aliphatic carbocycles. The molecular formula is C15H18BrFN4. The van der Waals surface area contributed by atoms with Crippen LogP contribution in [0.15, 0.2) is 29.0 Å². The molecular weight excluding hydrogens is 335 g/mol. The number of aromatic nitrogens is 2. The average Bonchev–Trinajstić information content (AvgIpc) is 2.49. The van der Waals surface area contributed by atoms with Gasteiger partial charge in [0.15, 0.2) is 0 Å². The molecule has 112 valence electrons. The van der Waals surface area contributed by atoms with Gasteiger partial charge in [0.05, 0.1) is 4.47 Å². The zero-order valence-corrected chi connectivity index (χ0v) is 13.7. The maximum absolute atomic E-state index is 13.6. The summed E-state index contributed by atoms with van der Waals surface area (Å²) in [5.74, 6) is 1.22. The number of hydrogen-bond donors (Lipinski definition) is 2. The fourth-order valence-corrected chi connectivity index (χ4v) is 2.21. The van der Waals surface area contributed by atoms with Crippen LogP contribution in [0.5, 0.6) is 0 Å². The van der Waals surface area contributed by atoms with Gasteiger partial charge >= 0.3 is 0 Å². The van der Waals surface area contributed by atoms with E-state index in [0.717, 1.165) is 30.8 Å². The van der Waals surface area contributed by atoms with Crippen molar-refractivity contribution >= 4 is 33.3 Å². The summed E-state index contributed by atoms with van der Waals surface area (Å²) in [6.45, 7) is 5.00. The molecule has 1 heterocycles. The Morgan fingerprint density at radius 2 is 1.95 bits per heavy atom. The van der Waals surface area contributed by atoms with Crippen LogP contribution < -0.4 is 10.6 Å². The standard InChI is InChI=1S/C15H18BrFN4/c1-3-7-18-14-11(4-2)15(20-9-19-14)21-10-5-6-12(16)13(17)8-10/h5-6,8-9H,3-4,7H2,1-2H3,(H2,18,19,20,21). The molecule has 1 aromatic carbocycles. The zero-order valence-electron chi connectivity index (χ0n) is 12.1. The molecule has 2 rings (SSSR count). The van der Waals surface area contributed by atoms with Gasteiger partial charge in [0.2, 0.25) is 0 Å². The van der Waals surface area contributed by atoms with Crippen LogP contribution in [0.4, 0.5) is 21.7 Å². The third-order valence-electron chi connectivity index (χ3n) is 3.02. The molecule has 2 N–H and O–H groups in total. The van der Waals surface area contributed by atoms with E-state index >= 15 is 0 Å². The van der Waals surface area contributed by atoms with E-state index < -0.39 is 0 Å². The van der Waals surface area contributed by atoms with E-state index in [0.29, 0.717) is 16.0 Å². The largest absolute Gasteiger partial charge is 0.370 e. The van der Waals surface area contributed by atoms with Gasteiger partial charge in [0.25, 0.3) is 0 Å². The average molecular weight is 353 g/mol. The van der Waals surface area contributed by atoms with Crippen LogP contribution in [0.25, 0.3) is 0 Å². The number of nitrogens with one attached hydrogen (secondary N) is 2. The lowest BCUT2D eigenvalue weighted by Gasteiger charge is -2.14. The number of hydrogen-bond acceptors (Lipinski definition) is 4. The Bertz CT molecular complexity index is 619. The van der Waals surface area contributed by atoms with E-state index in [1.54, 1.807) is 12.1 Å². The monoisotopic (exact) mass is 352 g/mol. The minimum atomic E-state index is -0.309. The van der Waals surface area contributed by atoms with E-state index in [2.05, 4.69) is 43.5 Å². The van der Waals surface area contributed by atoms with Gasteiger partial charge in [0.1, 0.15) is 23.8 Å². The molecule has 0 aliphatic rings. The molecule has 1 aromatic heterocycles. The summed E-state index contributed by atoms with van der Waals surface area (Å²) in [4.78, 5) is 8.55. The number of anilines is 3. The van der Waals surface area contributed by atoms with Crippen LogP contribution in [0.1, 0.15) is 25.8 Å². The number of benzene rings is 1. The Kier molecular flexibility index (Phi) is 5.50. The van der Waals surface area contributed by atoms with E-state index in [-0.39, 0.29) is 5.82 Å². The van der Waals surface area contributed by atoms with Gasteiger partial charge in [-0.25, -0.2) is 14.4 Å². The van der Waals surface area contributed by atoms with Crippen molar-refractivity contribution in [3.8, 4) is 0 Å². The molecule has 0 saturated carbocycles. The van der Waals surface area contributed by atoms with Crippen molar-refractivity contribution < 1.29 is 4.39 Å². The summed E-state index contributed by atoms with van der Waals surface area (Å²) < 4.78 is 14.0. The first-order chi connectivity index (χ1) is 10.2. The SMILES string of the molecule is CCCNc1ncnc(Nc2ccc(Br)c(F)c2)c1CC. The summed E-state index contributed by atoms with van der Waals surface area (Å²) in [7, 11) is 0. The summed E-state index contributed by atoms with van der Waals surface area (Å²) in [6.07, 6.45) is 3.32. The van der Waals surface area contributed by atoms with Crippen molar-refractivity contribution in [2.45, 2.75) is 26.7 Å². The van der Waals surface area contributed by atoms with Crippen molar-refractivity contribution in [2.24, 2.45) is 0 Å². The Balaban J connectivity index is 2.28. The predicted molar refractivity (Wildman–Crippen MR) is 87.6 cm³/mol. The van der Waals surface area contributed by atoms with E-state index in [1.165, 1.54) is 12.4 Å². The molecule has 0 unspecified atom stereocenters. The van der Waals surface area contributed by atoms with Crippen molar-refractivity contribution in [1.29, 1.82) is 0 Å². The summed E-state index contributed by atoms with van der Waals surface area (Å²) in [5.41, 5.74) is 1.65. The van der Waals surface area contributed by atoms with Crippen molar-refractivity contribution in [3.05, 3.63) is 40.4 Å². The van der Waals surface area contributed by atoms with Crippen molar-refractivity contribution in [1.82, 2.24) is 9.97 Å². The Morgan fingerprint density at radius 3 is 2.62 bits per heavy atom. The maximum atomic E-state index is 13.6. The molecule has 2 aromatic rings. The van der Waals surface area contributed by atoms with Gasteiger partial charge in [-0.1, -0.05) is 13.8 Å². The normalized spacial score (nSPS) is 10.5. The van der Waals surface area contributed by atoms with Crippen LogP contribution in [0, 0.1) is 5.82 Å². The molecule has 6 heteroatoms. The van der Waals surface area contributed by atoms with Crippen molar-refractivity contribution in [2.75, 3.05) is 17.2 Å². The van der Waals surface area contributed by atoms with Crippen LogP contribution in [0.3, 0.4) is 0 Å². The van der Waals surface area contributed by atoms with Gasteiger partial charge in [-0.05, 0) is 47.0 Å². The summed E-state index contributed by atoms with van der Waals surface area (Å²) >= 11 is 3.14. The minimum absolute atomic E-state index is 0.309. The third-order valence-corrected chi connectivity index (χ3v) is 3.67. The second kappa shape index (κ2) is 7.36. The molecule has 0 aliphatic heterocycles. The van der Waals surface area contributed by atoms with Crippen molar-refractivity contribution in [3.63, 3.8) is 0 Å². The Hall–Kier alpha value is -1.69. The van der Waals surface area contributed by atoms with E-state index in [9.17, 15) is 4.39 Å². The highest BCUT2D eigenvalue weighted by atomic mass is 79.9. The number of rotatable bonds is 6. The van der Waals surface area contributed by atoms with Crippen LogP contribution in [0.2, 0.25) is 0 Å². The molecule has 0 atom stereocenters. The topological polar surface area (TPSA) is 49.8 Å². The molecule has 0 saturated heterocycles. The van der Waals surface area contributed by atoms with Gasteiger partial charge in [-0.2, -0.15) is 0 Å². The molecule has 0 amide bonds. The van der Waals surface area contributed by atoms with Gasteiger partial charge in [-0.3, -0.25) is 0 Å². The van der Waals surface area contributed by atoms with Gasteiger partial charge in [-0.15, -0.1) is 0 Å². The molecule has 21 heavy (non-hydrogen) atoms. The fraction of sp³-hybridized carbons (Fsp3) is 0.333. The first-order valence-corrected chi connectivity index (χ1v) is 7.74. The highest BCUT2D eigenvalue weighted by Crippen LogP contribution is 2.26. The van der Waals surface area contributed by atoms with Gasteiger partial charge < -0.3 is 10.6 Å². The van der Waals surface area contributed by atoms with Crippen LogP contribution >= 0.6 is 15.9 Å².